The first-order valence-corrected chi connectivity index (χ1v) is 7.28. The topological polar surface area (TPSA) is 84.9 Å². The van der Waals surface area contributed by atoms with Crippen molar-refractivity contribution in [2.24, 2.45) is 11.8 Å². The van der Waals surface area contributed by atoms with E-state index < -0.39 is 29.9 Å². The van der Waals surface area contributed by atoms with E-state index in [1.165, 1.54) is 14.2 Å². The molecule has 2 saturated heterocycles. The Bertz CT molecular complexity index is 657. The highest BCUT2D eigenvalue weighted by Gasteiger charge is 2.60. The Balaban J connectivity index is 1.98. The number of amides is 2. The molecule has 0 aliphatic carbocycles. The van der Waals surface area contributed by atoms with Crippen LogP contribution >= 0.6 is 0 Å². The molecule has 0 bridgehead atoms. The van der Waals surface area contributed by atoms with E-state index in [0.717, 1.165) is 10.5 Å². The van der Waals surface area contributed by atoms with Gasteiger partial charge in [0.1, 0.15) is 11.8 Å². The number of fused-ring (bicyclic) bond motifs is 1. The standard InChI is InChI=1S/C16H18N2O5/c1-18-14(19)10-11(15(18)20)13(16(21)23-3)17-12(10)8-4-6-9(22-2)7-5-8/h4-7,10-13,17H,1-3H3/t10-,11+,12-,13+/m1/s1. The molecule has 1 aromatic carbocycles. The number of nitrogens with zero attached hydrogens (tertiary/aromatic N) is 1. The summed E-state index contributed by atoms with van der Waals surface area (Å²) in [6, 6.07) is 5.97. The van der Waals surface area contributed by atoms with Crippen LogP contribution in [-0.4, -0.2) is 50.0 Å². The molecule has 1 N–H and O–H groups in total. The number of hydrogen-bond donors (Lipinski definition) is 1. The Kier molecular flexibility index (Phi) is 3.81. The third kappa shape index (κ3) is 2.28. The first kappa shape index (κ1) is 15.5. The van der Waals surface area contributed by atoms with Gasteiger partial charge in [0, 0.05) is 13.1 Å². The molecule has 0 aromatic heterocycles. The molecule has 122 valence electrons. The SMILES string of the molecule is COC(=O)[C@H]1N[C@H](c2ccc(OC)cc2)[C@@H]2C(=O)N(C)C(=O)[C@@H]21. The molecule has 0 unspecified atom stereocenters. The zero-order valence-electron chi connectivity index (χ0n) is 13.1. The number of nitrogens with one attached hydrogen (secondary N) is 1. The summed E-state index contributed by atoms with van der Waals surface area (Å²) in [5.74, 6) is -1.80. The molecular weight excluding hydrogens is 300 g/mol. The molecule has 7 heteroatoms. The lowest BCUT2D eigenvalue weighted by Gasteiger charge is -2.19. The summed E-state index contributed by atoms with van der Waals surface area (Å²) in [7, 11) is 4.29. The van der Waals surface area contributed by atoms with E-state index in [-0.39, 0.29) is 11.8 Å². The van der Waals surface area contributed by atoms with E-state index >= 15 is 0 Å². The van der Waals surface area contributed by atoms with Gasteiger partial charge in [-0.3, -0.25) is 24.6 Å². The second-order valence-electron chi connectivity index (χ2n) is 5.71. The van der Waals surface area contributed by atoms with Crippen molar-refractivity contribution in [1.29, 1.82) is 0 Å². The van der Waals surface area contributed by atoms with Gasteiger partial charge in [-0.2, -0.15) is 0 Å². The lowest BCUT2D eigenvalue weighted by atomic mass is 9.86. The molecule has 23 heavy (non-hydrogen) atoms. The van der Waals surface area contributed by atoms with Crippen molar-refractivity contribution in [3.63, 3.8) is 0 Å². The Morgan fingerprint density at radius 1 is 1.09 bits per heavy atom. The van der Waals surface area contributed by atoms with Crippen molar-refractivity contribution in [2.75, 3.05) is 21.3 Å². The van der Waals surface area contributed by atoms with Gasteiger partial charge in [-0.15, -0.1) is 0 Å². The summed E-state index contributed by atoms with van der Waals surface area (Å²) in [6.45, 7) is 0. The molecular formula is C16H18N2O5. The summed E-state index contributed by atoms with van der Waals surface area (Å²) >= 11 is 0. The largest absolute Gasteiger partial charge is 0.497 e. The second kappa shape index (κ2) is 5.66. The minimum atomic E-state index is -0.821. The number of carbonyl (C=O) groups excluding carboxylic acids is 3. The Hall–Kier alpha value is -2.41. The van der Waals surface area contributed by atoms with Crippen LogP contribution in [0, 0.1) is 11.8 Å². The van der Waals surface area contributed by atoms with Crippen molar-refractivity contribution in [3.05, 3.63) is 29.8 Å². The zero-order chi connectivity index (χ0) is 16.7. The van der Waals surface area contributed by atoms with Crippen molar-refractivity contribution >= 4 is 17.8 Å². The molecule has 2 heterocycles. The minimum Gasteiger partial charge on any atom is -0.497 e. The van der Waals surface area contributed by atoms with Gasteiger partial charge < -0.3 is 9.47 Å². The quantitative estimate of drug-likeness (QED) is 0.629. The molecule has 0 spiro atoms. The maximum Gasteiger partial charge on any atom is 0.323 e. The number of rotatable bonds is 3. The Morgan fingerprint density at radius 3 is 2.26 bits per heavy atom. The van der Waals surface area contributed by atoms with Gasteiger partial charge in [0.05, 0.1) is 26.1 Å². The predicted molar refractivity (Wildman–Crippen MR) is 79.4 cm³/mol. The molecule has 1 aromatic rings. The number of likely N-dealkylation sites (tertiary alicyclic amines) is 1. The number of benzene rings is 1. The zero-order valence-corrected chi connectivity index (χ0v) is 13.1. The van der Waals surface area contributed by atoms with E-state index in [9.17, 15) is 14.4 Å². The highest BCUT2D eigenvalue weighted by Crippen LogP contribution is 2.43. The van der Waals surface area contributed by atoms with Crippen molar-refractivity contribution < 1.29 is 23.9 Å². The number of hydrogen-bond acceptors (Lipinski definition) is 6. The fraction of sp³-hybridized carbons (Fsp3) is 0.438. The summed E-state index contributed by atoms with van der Waals surface area (Å²) in [5.41, 5.74) is 0.823. The van der Waals surface area contributed by atoms with Crippen LogP contribution in [0.3, 0.4) is 0 Å². The van der Waals surface area contributed by atoms with E-state index in [4.69, 9.17) is 9.47 Å². The summed E-state index contributed by atoms with van der Waals surface area (Å²) < 4.78 is 9.91. The maximum absolute atomic E-state index is 12.4. The van der Waals surface area contributed by atoms with Gasteiger partial charge in [-0.05, 0) is 17.7 Å². The Morgan fingerprint density at radius 2 is 1.70 bits per heavy atom. The molecule has 4 atom stereocenters. The van der Waals surface area contributed by atoms with Crippen LogP contribution in [0.1, 0.15) is 11.6 Å². The number of methoxy groups -OCH3 is 2. The molecule has 2 aliphatic rings. The molecule has 3 rings (SSSR count). The number of esters is 1. The molecule has 2 amide bonds. The highest BCUT2D eigenvalue weighted by atomic mass is 16.5. The van der Waals surface area contributed by atoms with Crippen molar-refractivity contribution in [2.45, 2.75) is 12.1 Å². The summed E-state index contributed by atoms with van der Waals surface area (Å²) in [4.78, 5) is 37.9. The number of carbonyl (C=O) groups is 3. The van der Waals surface area contributed by atoms with Crippen LogP contribution in [0.4, 0.5) is 0 Å². The van der Waals surface area contributed by atoms with Crippen LogP contribution in [-0.2, 0) is 19.1 Å². The molecule has 0 saturated carbocycles. The minimum absolute atomic E-state index is 0.278. The van der Waals surface area contributed by atoms with Gasteiger partial charge in [-0.1, -0.05) is 12.1 Å². The number of ether oxygens (including phenoxy) is 2. The monoisotopic (exact) mass is 318 g/mol. The van der Waals surface area contributed by atoms with Gasteiger partial charge in [-0.25, -0.2) is 0 Å². The van der Waals surface area contributed by atoms with Crippen molar-refractivity contribution in [3.8, 4) is 5.75 Å². The normalized spacial score (nSPS) is 29.6. The fourth-order valence-electron chi connectivity index (χ4n) is 3.42. The third-order valence-electron chi connectivity index (χ3n) is 4.63. The second-order valence-corrected chi connectivity index (χ2v) is 5.71. The molecule has 2 aliphatic heterocycles. The lowest BCUT2D eigenvalue weighted by Crippen LogP contribution is -2.42. The summed E-state index contributed by atoms with van der Waals surface area (Å²) in [5, 5.41) is 3.10. The number of imide groups is 1. The first-order chi connectivity index (χ1) is 11.0. The van der Waals surface area contributed by atoms with Gasteiger partial charge >= 0.3 is 5.97 Å². The van der Waals surface area contributed by atoms with Crippen LogP contribution in [0.15, 0.2) is 24.3 Å². The average Bonchev–Trinajstić information content (AvgIpc) is 3.08. The van der Waals surface area contributed by atoms with Crippen molar-refractivity contribution in [1.82, 2.24) is 10.2 Å². The first-order valence-electron chi connectivity index (χ1n) is 7.28. The van der Waals surface area contributed by atoms with Gasteiger partial charge in [0.2, 0.25) is 11.8 Å². The smallest absolute Gasteiger partial charge is 0.323 e. The van der Waals surface area contributed by atoms with E-state index in [1.807, 2.05) is 12.1 Å². The van der Waals surface area contributed by atoms with Gasteiger partial charge in [0.15, 0.2) is 0 Å². The predicted octanol–water partition coefficient (Wildman–Crippen LogP) is 0.112. The Labute approximate surface area is 133 Å². The average molecular weight is 318 g/mol. The third-order valence-corrected chi connectivity index (χ3v) is 4.63. The van der Waals surface area contributed by atoms with E-state index in [1.54, 1.807) is 19.2 Å². The maximum atomic E-state index is 12.4. The van der Waals surface area contributed by atoms with Crippen LogP contribution in [0.5, 0.6) is 5.75 Å². The summed E-state index contributed by atoms with van der Waals surface area (Å²) in [6.07, 6.45) is 0. The highest BCUT2D eigenvalue weighted by molar-refractivity contribution is 6.08. The molecule has 2 fully saturated rings. The lowest BCUT2D eigenvalue weighted by molar-refractivity contribution is -0.147. The fourth-order valence-corrected chi connectivity index (χ4v) is 3.42. The van der Waals surface area contributed by atoms with E-state index in [2.05, 4.69) is 5.32 Å². The van der Waals surface area contributed by atoms with Gasteiger partial charge in [0.25, 0.3) is 0 Å². The van der Waals surface area contributed by atoms with Crippen LogP contribution in [0.25, 0.3) is 0 Å². The molecule has 0 radical (unpaired) electrons. The van der Waals surface area contributed by atoms with Crippen LogP contribution in [0.2, 0.25) is 0 Å². The van der Waals surface area contributed by atoms with E-state index in [0.29, 0.717) is 5.75 Å². The van der Waals surface area contributed by atoms with Crippen LogP contribution < -0.4 is 10.1 Å². The molecule has 7 nitrogen and oxygen atoms in total.